The predicted molar refractivity (Wildman–Crippen MR) is 129 cm³/mol. The van der Waals surface area contributed by atoms with Crippen molar-refractivity contribution in [3.63, 3.8) is 0 Å². The lowest BCUT2D eigenvalue weighted by atomic mass is 10.2. The Morgan fingerprint density at radius 3 is 2.68 bits per heavy atom. The molecular formula is C19H22IN5OP2. The number of aryl methyl sites for hydroxylation is 1. The van der Waals surface area contributed by atoms with Gasteiger partial charge in [0.2, 0.25) is 5.91 Å². The van der Waals surface area contributed by atoms with Crippen LogP contribution < -0.4 is 15.9 Å². The average molecular weight is 525 g/mol. The van der Waals surface area contributed by atoms with Gasteiger partial charge < -0.3 is 10.6 Å². The molecule has 2 heterocycles. The number of benzene rings is 1. The van der Waals surface area contributed by atoms with Crippen LogP contribution in [0.25, 0.3) is 11.2 Å². The summed E-state index contributed by atoms with van der Waals surface area (Å²) >= 11 is 2.34. The number of nitrogens with one attached hydrogen (secondary N) is 2. The van der Waals surface area contributed by atoms with E-state index in [1.165, 1.54) is 5.30 Å². The van der Waals surface area contributed by atoms with E-state index in [9.17, 15) is 4.79 Å². The summed E-state index contributed by atoms with van der Waals surface area (Å²) in [5, 5.41) is 7.87. The van der Waals surface area contributed by atoms with Crippen LogP contribution >= 0.6 is 36.3 Å². The van der Waals surface area contributed by atoms with Crippen LogP contribution in [-0.4, -0.2) is 33.5 Å². The molecule has 0 spiro atoms. The van der Waals surface area contributed by atoms with Crippen molar-refractivity contribution in [2.75, 3.05) is 24.0 Å². The Balaban J connectivity index is 1.80. The van der Waals surface area contributed by atoms with Gasteiger partial charge in [-0.15, -0.1) is 0 Å². The second kappa shape index (κ2) is 8.21. The minimum atomic E-state index is -0.255. The Morgan fingerprint density at radius 2 is 2.00 bits per heavy atom. The Morgan fingerprint density at radius 1 is 1.25 bits per heavy atom. The van der Waals surface area contributed by atoms with E-state index >= 15 is 0 Å². The Hall–Kier alpha value is -1.30. The lowest BCUT2D eigenvalue weighted by Gasteiger charge is -2.16. The molecule has 1 saturated carbocycles. The summed E-state index contributed by atoms with van der Waals surface area (Å²) in [7, 11) is -0.255. The molecular weight excluding hydrogens is 503 g/mol. The summed E-state index contributed by atoms with van der Waals surface area (Å²) in [6.45, 7) is 6.48. The Labute approximate surface area is 180 Å². The summed E-state index contributed by atoms with van der Waals surface area (Å²) in [6, 6.07) is 10.3. The van der Waals surface area contributed by atoms with E-state index in [1.807, 2.05) is 19.1 Å². The fraction of sp³-hybridized carbons (Fsp3) is 0.316. The fourth-order valence-electron chi connectivity index (χ4n) is 3.10. The Kier molecular flexibility index (Phi) is 5.86. The summed E-state index contributed by atoms with van der Waals surface area (Å²) in [5.41, 5.74) is 3.58. The van der Waals surface area contributed by atoms with Crippen molar-refractivity contribution in [1.29, 1.82) is 0 Å². The summed E-state index contributed by atoms with van der Waals surface area (Å²) in [6.07, 6.45) is 2.42. The topological polar surface area (TPSA) is 71.8 Å². The number of hydrogen-bond donors (Lipinski definition) is 2. The van der Waals surface area contributed by atoms with Gasteiger partial charge in [0.1, 0.15) is 17.2 Å². The van der Waals surface area contributed by atoms with Gasteiger partial charge in [-0.05, 0) is 66.5 Å². The number of pyridine rings is 1. The molecule has 1 fully saturated rings. The maximum atomic E-state index is 12.3. The van der Waals surface area contributed by atoms with E-state index in [-0.39, 0.29) is 19.7 Å². The van der Waals surface area contributed by atoms with E-state index in [1.54, 1.807) is 0 Å². The first-order chi connectivity index (χ1) is 13.5. The van der Waals surface area contributed by atoms with Gasteiger partial charge in [-0.25, -0.2) is 9.97 Å². The highest BCUT2D eigenvalue weighted by Gasteiger charge is 2.30. The van der Waals surface area contributed by atoms with E-state index < -0.39 is 0 Å². The van der Waals surface area contributed by atoms with E-state index in [2.05, 4.69) is 68.5 Å². The molecule has 3 aromatic rings. The molecule has 0 aliphatic heterocycles. The van der Waals surface area contributed by atoms with Crippen molar-refractivity contribution >= 4 is 75.9 Å². The number of nitrogens with zero attached hydrogens (tertiary/aromatic N) is 3. The SMILES string of the molecule is Cc1nc2c(Nc3ccccc3P(C)C)cc(NC(=O)C3CC3)nc2n1PI. The smallest absolute Gasteiger partial charge is 0.228 e. The maximum absolute atomic E-state index is 12.3. The molecule has 1 atom stereocenters. The maximum Gasteiger partial charge on any atom is 0.228 e. The van der Waals surface area contributed by atoms with Crippen molar-refractivity contribution in [2.24, 2.45) is 5.92 Å². The lowest BCUT2D eigenvalue weighted by Crippen LogP contribution is -2.15. The molecule has 4 rings (SSSR count). The molecule has 2 N–H and O–H groups in total. The van der Waals surface area contributed by atoms with Crippen LogP contribution in [0, 0.1) is 12.8 Å². The first kappa shape index (κ1) is 20.0. The number of carbonyl (C=O) groups excluding carboxylic acids is 1. The zero-order chi connectivity index (χ0) is 19.8. The van der Waals surface area contributed by atoms with Gasteiger partial charge in [-0.2, -0.15) is 0 Å². The summed E-state index contributed by atoms with van der Waals surface area (Å²) in [5.74, 6) is 1.70. The minimum absolute atomic E-state index is 0.0588. The molecule has 146 valence electrons. The van der Waals surface area contributed by atoms with Crippen molar-refractivity contribution < 1.29 is 4.79 Å². The van der Waals surface area contributed by atoms with Crippen molar-refractivity contribution in [2.45, 2.75) is 19.8 Å². The molecule has 1 amide bonds. The molecule has 0 bridgehead atoms. The third kappa shape index (κ3) is 4.03. The number of fused-ring (bicyclic) bond motifs is 1. The number of anilines is 3. The highest BCUT2D eigenvalue weighted by atomic mass is 127. The summed E-state index contributed by atoms with van der Waals surface area (Å²) < 4.78 is 2.09. The van der Waals surface area contributed by atoms with Crippen LogP contribution in [0.1, 0.15) is 18.7 Å². The van der Waals surface area contributed by atoms with Crippen LogP contribution in [0.4, 0.5) is 17.2 Å². The van der Waals surface area contributed by atoms with Crippen molar-refractivity contribution in [1.82, 2.24) is 14.3 Å². The molecule has 1 aliphatic carbocycles. The van der Waals surface area contributed by atoms with Crippen LogP contribution in [0.3, 0.4) is 0 Å². The van der Waals surface area contributed by atoms with E-state index in [4.69, 9.17) is 9.97 Å². The third-order valence-corrected chi connectivity index (χ3v) is 8.23. The second-order valence-electron chi connectivity index (χ2n) is 7.11. The molecule has 0 radical (unpaired) electrons. The summed E-state index contributed by atoms with van der Waals surface area (Å²) in [4.78, 5) is 21.8. The standard InChI is InChI=1S/C19H22IN5OP2/c1-11-21-17-14(22-13-6-4-5-7-15(13)28(2)3)10-16(23-18(17)25(11)27-20)24-19(26)12-8-9-12/h4-7,10,12,27H,8-9H2,1-3H3,(H2,22,23,24,26). The monoisotopic (exact) mass is 525 g/mol. The normalized spacial score (nSPS) is 14.3. The van der Waals surface area contributed by atoms with Gasteiger partial charge in [0.15, 0.2) is 5.65 Å². The number of halogens is 1. The molecule has 28 heavy (non-hydrogen) atoms. The molecule has 1 aliphatic rings. The van der Waals surface area contributed by atoms with E-state index in [0.717, 1.165) is 41.2 Å². The number of carbonyl (C=O) groups is 1. The molecule has 0 saturated heterocycles. The van der Waals surface area contributed by atoms with E-state index in [0.29, 0.717) is 12.2 Å². The fourth-order valence-corrected chi connectivity index (χ4v) is 6.24. The highest BCUT2D eigenvalue weighted by molar-refractivity contribution is 14.2. The third-order valence-electron chi connectivity index (χ3n) is 4.72. The average Bonchev–Trinajstić information content (AvgIpc) is 3.46. The van der Waals surface area contributed by atoms with Gasteiger partial charge in [0.25, 0.3) is 0 Å². The lowest BCUT2D eigenvalue weighted by molar-refractivity contribution is -0.117. The molecule has 2 aromatic heterocycles. The molecule has 1 unspecified atom stereocenters. The van der Waals surface area contributed by atoms with Crippen LogP contribution in [-0.2, 0) is 4.79 Å². The van der Waals surface area contributed by atoms with Gasteiger partial charge >= 0.3 is 0 Å². The minimum Gasteiger partial charge on any atom is -0.353 e. The first-order valence-corrected chi connectivity index (χ1v) is 15.4. The molecule has 1 aromatic carbocycles. The number of imidazole rings is 1. The molecule has 6 nitrogen and oxygen atoms in total. The predicted octanol–water partition coefficient (Wildman–Crippen LogP) is 4.99. The van der Waals surface area contributed by atoms with Crippen LogP contribution in [0.2, 0.25) is 0 Å². The zero-order valence-corrected chi connectivity index (χ0v) is 20.0. The van der Waals surface area contributed by atoms with Crippen LogP contribution in [0.15, 0.2) is 30.3 Å². The first-order valence-electron chi connectivity index (χ1n) is 9.09. The second-order valence-corrected chi connectivity index (χ2v) is 11.4. The quantitative estimate of drug-likeness (QED) is 0.352. The number of rotatable bonds is 6. The zero-order valence-electron chi connectivity index (χ0n) is 16.0. The largest absolute Gasteiger partial charge is 0.353 e. The molecule has 9 heteroatoms. The van der Waals surface area contributed by atoms with Crippen molar-refractivity contribution in [3.8, 4) is 0 Å². The number of para-hydroxylation sites is 1. The van der Waals surface area contributed by atoms with Gasteiger partial charge in [0.05, 0.1) is 12.1 Å². The number of hydrogen-bond acceptors (Lipinski definition) is 4. The van der Waals surface area contributed by atoms with Gasteiger partial charge in [-0.1, -0.05) is 26.1 Å². The number of aromatic nitrogens is 3. The van der Waals surface area contributed by atoms with Gasteiger partial charge in [0, 0.05) is 17.7 Å². The highest BCUT2D eigenvalue weighted by Crippen LogP contribution is 2.37. The van der Waals surface area contributed by atoms with Crippen LogP contribution in [0.5, 0.6) is 0 Å². The Bertz CT molecular complexity index is 1050. The number of amides is 1. The van der Waals surface area contributed by atoms with Crippen molar-refractivity contribution in [3.05, 3.63) is 36.2 Å². The van der Waals surface area contributed by atoms with Gasteiger partial charge in [-0.3, -0.25) is 9.13 Å².